The van der Waals surface area contributed by atoms with E-state index in [1.807, 2.05) is 13.0 Å². The van der Waals surface area contributed by atoms with Gasteiger partial charge in [0.15, 0.2) is 5.65 Å². The average molecular weight is 462 g/mol. The van der Waals surface area contributed by atoms with E-state index in [9.17, 15) is 28.1 Å². The van der Waals surface area contributed by atoms with Crippen molar-refractivity contribution in [1.29, 1.82) is 0 Å². The summed E-state index contributed by atoms with van der Waals surface area (Å²) in [6.07, 6.45) is -2.29. The van der Waals surface area contributed by atoms with Crippen molar-refractivity contribution in [2.75, 3.05) is 23.3 Å². The van der Waals surface area contributed by atoms with E-state index < -0.39 is 22.4 Å². The minimum absolute atomic E-state index is 0.119. The Hall–Kier alpha value is -3.70. The van der Waals surface area contributed by atoms with Crippen molar-refractivity contribution in [1.82, 2.24) is 14.8 Å². The Bertz CT molecular complexity index is 1230. The number of aryl methyl sites for hydroxylation is 2. The standard InChI is InChI=1S/C21H21F3N6O3/c1-12-16-10-15(11-25-19(16)28(2)27-12)26-20(31)13-5-7-29(8-6-13)17-4-3-14(21(22,23)24)9-18(17)30(32)33/h3-4,9-11,13H,5-8H2,1-2H3,(H,26,31). The summed E-state index contributed by atoms with van der Waals surface area (Å²) >= 11 is 0. The Kier molecular flexibility index (Phi) is 5.68. The number of nitro benzene ring substituents is 1. The van der Waals surface area contributed by atoms with Gasteiger partial charge in [0.2, 0.25) is 5.91 Å². The third-order valence-corrected chi connectivity index (χ3v) is 5.84. The summed E-state index contributed by atoms with van der Waals surface area (Å²) in [6, 6.07) is 4.32. The molecule has 33 heavy (non-hydrogen) atoms. The first-order valence-corrected chi connectivity index (χ1v) is 10.3. The molecule has 4 rings (SSSR count). The highest BCUT2D eigenvalue weighted by molar-refractivity contribution is 5.94. The number of benzene rings is 1. The smallest absolute Gasteiger partial charge is 0.366 e. The van der Waals surface area contributed by atoms with Crippen LogP contribution in [-0.2, 0) is 18.0 Å². The van der Waals surface area contributed by atoms with E-state index in [4.69, 9.17) is 0 Å². The Morgan fingerprint density at radius 1 is 1.24 bits per heavy atom. The van der Waals surface area contributed by atoms with Crippen molar-refractivity contribution in [2.24, 2.45) is 13.0 Å². The highest BCUT2D eigenvalue weighted by atomic mass is 19.4. The van der Waals surface area contributed by atoms with Crippen LogP contribution >= 0.6 is 0 Å². The fraction of sp³-hybridized carbons (Fsp3) is 0.381. The molecule has 0 atom stereocenters. The van der Waals surface area contributed by atoms with Crippen LogP contribution in [0.2, 0.25) is 0 Å². The summed E-state index contributed by atoms with van der Waals surface area (Å²) in [5.74, 6) is -0.528. The van der Waals surface area contributed by atoms with Gasteiger partial charge < -0.3 is 10.2 Å². The molecule has 1 N–H and O–H groups in total. The van der Waals surface area contributed by atoms with Gasteiger partial charge in [-0.25, -0.2) is 4.98 Å². The van der Waals surface area contributed by atoms with Crippen molar-refractivity contribution < 1.29 is 22.9 Å². The van der Waals surface area contributed by atoms with Gasteiger partial charge >= 0.3 is 6.18 Å². The number of pyridine rings is 1. The van der Waals surface area contributed by atoms with Gasteiger partial charge in [-0.1, -0.05) is 0 Å². The molecule has 0 spiro atoms. The minimum atomic E-state index is -4.67. The van der Waals surface area contributed by atoms with Crippen molar-refractivity contribution >= 4 is 34.0 Å². The molecular formula is C21H21F3N6O3. The van der Waals surface area contributed by atoms with Crippen molar-refractivity contribution in [3.8, 4) is 0 Å². The number of hydrogen-bond acceptors (Lipinski definition) is 6. The molecule has 1 aliphatic rings. The lowest BCUT2D eigenvalue weighted by Crippen LogP contribution is -2.38. The molecule has 0 aliphatic carbocycles. The van der Waals surface area contributed by atoms with Crippen LogP contribution in [0.5, 0.6) is 0 Å². The Morgan fingerprint density at radius 2 is 1.94 bits per heavy atom. The molecule has 9 nitrogen and oxygen atoms in total. The van der Waals surface area contributed by atoms with Gasteiger partial charge in [-0.05, 0) is 38.0 Å². The first-order valence-electron chi connectivity index (χ1n) is 10.3. The fourth-order valence-corrected chi connectivity index (χ4v) is 4.12. The molecule has 0 radical (unpaired) electrons. The summed E-state index contributed by atoms with van der Waals surface area (Å²) in [4.78, 5) is 29.3. The summed E-state index contributed by atoms with van der Waals surface area (Å²) in [5.41, 5.74) is 0.498. The fourth-order valence-electron chi connectivity index (χ4n) is 4.12. The second-order valence-electron chi connectivity index (χ2n) is 8.01. The number of nitro groups is 1. The van der Waals surface area contributed by atoms with Gasteiger partial charge in [-0.15, -0.1) is 0 Å². The number of piperidine rings is 1. The summed E-state index contributed by atoms with van der Waals surface area (Å²) in [6.45, 7) is 2.47. The van der Waals surface area contributed by atoms with E-state index in [2.05, 4.69) is 15.4 Å². The molecular weight excluding hydrogens is 441 g/mol. The topological polar surface area (TPSA) is 106 Å². The molecule has 3 heterocycles. The van der Waals surface area contributed by atoms with Crippen LogP contribution in [0, 0.1) is 23.0 Å². The van der Waals surface area contributed by atoms with E-state index in [0.717, 1.165) is 23.2 Å². The second kappa shape index (κ2) is 8.34. The highest BCUT2D eigenvalue weighted by Crippen LogP contribution is 2.37. The number of carbonyl (C=O) groups is 1. The molecule has 1 fully saturated rings. The maximum atomic E-state index is 12.9. The van der Waals surface area contributed by atoms with Gasteiger partial charge in [0.05, 0.1) is 28.1 Å². The molecule has 3 aromatic rings. The summed E-state index contributed by atoms with van der Waals surface area (Å²) < 4.78 is 40.5. The zero-order chi connectivity index (χ0) is 23.9. The lowest BCUT2D eigenvalue weighted by Gasteiger charge is -2.32. The number of amides is 1. The molecule has 1 aromatic carbocycles. The average Bonchev–Trinajstić information content (AvgIpc) is 3.05. The Morgan fingerprint density at radius 3 is 2.58 bits per heavy atom. The quantitative estimate of drug-likeness (QED) is 0.463. The largest absolute Gasteiger partial charge is 0.416 e. The maximum absolute atomic E-state index is 12.9. The third-order valence-electron chi connectivity index (χ3n) is 5.84. The number of aromatic nitrogens is 3. The minimum Gasteiger partial charge on any atom is -0.366 e. The number of halogens is 3. The highest BCUT2D eigenvalue weighted by Gasteiger charge is 2.35. The summed E-state index contributed by atoms with van der Waals surface area (Å²) in [5, 5.41) is 19.4. The number of hydrogen-bond donors (Lipinski definition) is 1. The van der Waals surface area contributed by atoms with Crippen molar-refractivity contribution in [3.63, 3.8) is 0 Å². The van der Waals surface area contributed by atoms with Gasteiger partial charge in [-0.2, -0.15) is 18.3 Å². The first-order chi connectivity index (χ1) is 15.5. The van der Waals surface area contributed by atoms with Gasteiger partial charge in [-0.3, -0.25) is 19.6 Å². The lowest BCUT2D eigenvalue weighted by molar-refractivity contribution is -0.384. The molecule has 0 unspecified atom stereocenters. The number of nitrogens with zero attached hydrogens (tertiary/aromatic N) is 5. The van der Waals surface area contributed by atoms with Crippen LogP contribution in [0.1, 0.15) is 24.1 Å². The third kappa shape index (κ3) is 4.45. The molecule has 1 aliphatic heterocycles. The van der Waals surface area contributed by atoms with E-state index in [-0.39, 0.29) is 17.5 Å². The van der Waals surface area contributed by atoms with Crippen LogP contribution in [0.4, 0.5) is 30.2 Å². The molecule has 2 aromatic heterocycles. The number of rotatable bonds is 4. The summed E-state index contributed by atoms with van der Waals surface area (Å²) in [7, 11) is 1.79. The zero-order valence-electron chi connectivity index (χ0n) is 17.9. The number of nitrogens with one attached hydrogen (secondary N) is 1. The Balaban J connectivity index is 1.44. The van der Waals surface area contributed by atoms with Crippen LogP contribution < -0.4 is 10.2 Å². The van der Waals surface area contributed by atoms with Crippen LogP contribution in [0.15, 0.2) is 30.5 Å². The zero-order valence-corrected chi connectivity index (χ0v) is 17.9. The maximum Gasteiger partial charge on any atom is 0.416 e. The molecule has 174 valence electrons. The predicted octanol–water partition coefficient (Wildman–Crippen LogP) is 4.06. The van der Waals surface area contributed by atoms with Gasteiger partial charge in [0.1, 0.15) is 5.69 Å². The molecule has 1 amide bonds. The molecule has 0 saturated carbocycles. The van der Waals surface area contributed by atoms with E-state index in [1.54, 1.807) is 22.8 Å². The van der Waals surface area contributed by atoms with Crippen LogP contribution in [0.3, 0.4) is 0 Å². The Labute approximate surface area is 186 Å². The normalized spacial score (nSPS) is 15.1. The SMILES string of the molecule is Cc1nn(C)c2ncc(NC(=O)C3CCN(c4ccc(C(F)(F)F)cc4[N+](=O)[O-])CC3)cc12. The monoisotopic (exact) mass is 462 g/mol. The number of anilines is 2. The number of alkyl halides is 3. The first kappa shape index (κ1) is 22.5. The van der Waals surface area contributed by atoms with E-state index in [1.165, 1.54) is 0 Å². The van der Waals surface area contributed by atoms with E-state index >= 15 is 0 Å². The van der Waals surface area contributed by atoms with Gasteiger partial charge in [0.25, 0.3) is 5.69 Å². The molecule has 0 bridgehead atoms. The lowest BCUT2D eigenvalue weighted by atomic mass is 9.95. The van der Waals surface area contributed by atoms with Crippen LogP contribution in [-0.4, -0.2) is 38.7 Å². The predicted molar refractivity (Wildman–Crippen MR) is 115 cm³/mol. The second-order valence-corrected chi connectivity index (χ2v) is 8.01. The van der Waals surface area contributed by atoms with E-state index in [0.29, 0.717) is 43.3 Å². The molecule has 12 heteroatoms. The number of fused-ring (bicyclic) bond motifs is 1. The van der Waals surface area contributed by atoms with Gasteiger partial charge in [0, 0.05) is 37.5 Å². The van der Waals surface area contributed by atoms with Crippen molar-refractivity contribution in [2.45, 2.75) is 25.9 Å². The van der Waals surface area contributed by atoms with Crippen LogP contribution in [0.25, 0.3) is 11.0 Å². The molecule has 1 saturated heterocycles. The van der Waals surface area contributed by atoms with Crippen molar-refractivity contribution in [3.05, 3.63) is 51.8 Å². The number of carbonyl (C=O) groups excluding carboxylic acids is 1.